The number of nitrogens with one attached hydrogen (secondary N) is 1. The molecule has 0 aliphatic heterocycles. The van der Waals surface area contributed by atoms with Crippen LogP contribution in [0.3, 0.4) is 0 Å². The fraction of sp³-hybridized carbons (Fsp3) is 0.0909. The Kier molecular flexibility index (Phi) is 3.83. The third-order valence-corrected chi connectivity index (χ3v) is 2.82. The van der Waals surface area contributed by atoms with Gasteiger partial charge in [0.25, 0.3) is 5.69 Å². The lowest BCUT2D eigenvalue weighted by molar-refractivity contribution is -0.385. The zero-order valence-electron chi connectivity index (χ0n) is 9.21. The minimum absolute atomic E-state index is 0.0474. The van der Waals surface area contributed by atoms with Crippen LogP contribution in [0.4, 0.5) is 11.5 Å². The molecule has 2 aromatic heterocycles. The third kappa shape index (κ3) is 3.01. The Balaban J connectivity index is 2.08. The molecule has 0 amide bonds. The summed E-state index contributed by atoms with van der Waals surface area (Å²) >= 11 is 3.24. The van der Waals surface area contributed by atoms with E-state index < -0.39 is 4.92 Å². The van der Waals surface area contributed by atoms with E-state index >= 15 is 0 Å². The first-order valence-electron chi connectivity index (χ1n) is 5.09. The van der Waals surface area contributed by atoms with Gasteiger partial charge in [-0.05, 0) is 27.6 Å². The largest absolute Gasteiger partial charge is 0.365 e. The number of hydrogen-bond donors (Lipinski definition) is 1. The van der Waals surface area contributed by atoms with Gasteiger partial charge >= 0.3 is 0 Å². The standard InChI is InChI=1S/C11H9BrN4O2/c12-10-4-9(16(17)18)7-15-11(10)14-6-8-2-1-3-13-5-8/h1-5,7H,6H2,(H,14,15). The Morgan fingerprint density at radius 3 is 2.89 bits per heavy atom. The van der Waals surface area contributed by atoms with E-state index in [0.717, 1.165) is 5.56 Å². The van der Waals surface area contributed by atoms with Crippen molar-refractivity contribution >= 4 is 27.4 Å². The maximum absolute atomic E-state index is 10.6. The molecule has 0 bridgehead atoms. The first-order chi connectivity index (χ1) is 8.66. The Labute approximate surface area is 111 Å². The van der Waals surface area contributed by atoms with E-state index in [-0.39, 0.29) is 5.69 Å². The van der Waals surface area contributed by atoms with Gasteiger partial charge in [0.1, 0.15) is 12.0 Å². The summed E-state index contributed by atoms with van der Waals surface area (Å²) in [6.07, 6.45) is 4.66. The Morgan fingerprint density at radius 1 is 1.44 bits per heavy atom. The SMILES string of the molecule is O=[N+]([O-])c1cnc(NCc2cccnc2)c(Br)c1. The smallest absolute Gasteiger partial charge is 0.288 e. The van der Waals surface area contributed by atoms with Crippen molar-refractivity contribution in [2.24, 2.45) is 0 Å². The lowest BCUT2D eigenvalue weighted by Gasteiger charge is -2.06. The second kappa shape index (κ2) is 5.54. The van der Waals surface area contributed by atoms with Gasteiger partial charge in [-0.1, -0.05) is 6.07 Å². The van der Waals surface area contributed by atoms with Gasteiger partial charge in [-0.15, -0.1) is 0 Å². The molecule has 2 heterocycles. The highest BCUT2D eigenvalue weighted by molar-refractivity contribution is 9.10. The Hall–Kier alpha value is -2.02. The monoisotopic (exact) mass is 308 g/mol. The lowest BCUT2D eigenvalue weighted by atomic mass is 10.3. The number of halogens is 1. The number of anilines is 1. The van der Waals surface area contributed by atoms with Crippen molar-refractivity contribution in [3.63, 3.8) is 0 Å². The van der Waals surface area contributed by atoms with Crippen LogP contribution in [0.15, 0.2) is 41.3 Å². The minimum Gasteiger partial charge on any atom is -0.365 e. The van der Waals surface area contributed by atoms with Crippen molar-refractivity contribution in [3.8, 4) is 0 Å². The molecule has 7 heteroatoms. The van der Waals surface area contributed by atoms with Crippen molar-refractivity contribution in [3.05, 3.63) is 56.9 Å². The van der Waals surface area contributed by atoms with Crippen LogP contribution in [0.1, 0.15) is 5.56 Å². The molecule has 0 aliphatic rings. The van der Waals surface area contributed by atoms with Gasteiger partial charge in [0.2, 0.25) is 0 Å². The molecule has 0 unspecified atom stereocenters. The highest BCUT2D eigenvalue weighted by Gasteiger charge is 2.10. The molecule has 0 atom stereocenters. The Bertz CT molecular complexity index is 562. The molecule has 0 radical (unpaired) electrons. The number of nitrogens with zero attached hydrogens (tertiary/aromatic N) is 3. The fourth-order valence-corrected chi connectivity index (χ4v) is 1.82. The number of nitro groups is 1. The van der Waals surface area contributed by atoms with Gasteiger partial charge in [-0.2, -0.15) is 0 Å². The van der Waals surface area contributed by atoms with Crippen LogP contribution in [-0.2, 0) is 6.54 Å². The normalized spacial score (nSPS) is 10.1. The molecule has 0 fully saturated rings. The molecule has 1 N–H and O–H groups in total. The molecule has 18 heavy (non-hydrogen) atoms. The lowest BCUT2D eigenvalue weighted by Crippen LogP contribution is -2.02. The average Bonchev–Trinajstić information content (AvgIpc) is 2.38. The third-order valence-electron chi connectivity index (χ3n) is 2.22. The molecule has 0 saturated carbocycles. The van der Waals surface area contributed by atoms with Gasteiger partial charge in [0.15, 0.2) is 0 Å². The van der Waals surface area contributed by atoms with Crippen LogP contribution in [0, 0.1) is 10.1 Å². The summed E-state index contributed by atoms with van der Waals surface area (Å²) in [5.74, 6) is 0.560. The molecule has 2 rings (SSSR count). The summed E-state index contributed by atoms with van der Waals surface area (Å²) in [4.78, 5) is 18.1. The van der Waals surface area contributed by atoms with Crippen molar-refractivity contribution in [1.82, 2.24) is 9.97 Å². The highest BCUT2D eigenvalue weighted by atomic mass is 79.9. The molecule has 2 aromatic rings. The summed E-state index contributed by atoms with van der Waals surface area (Å²) in [5.41, 5.74) is 0.957. The predicted octanol–water partition coefficient (Wildman–Crippen LogP) is 2.76. The van der Waals surface area contributed by atoms with Gasteiger partial charge in [-0.3, -0.25) is 15.1 Å². The molecule has 0 aromatic carbocycles. The van der Waals surface area contributed by atoms with Gasteiger partial charge < -0.3 is 5.32 Å². The van der Waals surface area contributed by atoms with Crippen molar-refractivity contribution in [1.29, 1.82) is 0 Å². The van der Waals surface area contributed by atoms with Crippen LogP contribution in [-0.4, -0.2) is 14.9 Å². The first-order valence-corrected chi connectivity index (χ1v) is 5.89. The van der Waals surface area contributed by atoms with Crippen LogP contribution in [0.25, 0.3) is 0 Å². The zero-order valence-corrected chi connectivity index (χ0v) is 10.8. The van der Waals surface area contributed by atoms with Gasteiger partial charge in [0, 0.05) is 25.0 Å². The number of hydrogen-bond acceptors (Lipinski definition) is 5. The van der Waals surface area contributed by atoms with E-state index in [9.17, 15) is 10.1 Å². The van der Waals surface area contributed by atoms with Crippen molar-refractivity contribution in [2.75, 3.05) is 5.32 Å². The maximum Gasteiger partial charge on any atom is 0.288 e. The number of aromatic nitrogens is 2. The number of rotatable bonds is 4. The van der Waals surface area contributed by atoms with Gasteiger partial charge in [0.05, 0.1) is 9.40 Å². The molecule has 6 nitrogen and oxygen atoms in total. The molecule has 92 valence electrons. The van der Waals surface area contributed by atoms with E-state index in [1.54, 1.807) is 12.4 Å². The Morgan fingerprint density at radius 2 is 2.28 bits per heavy atom. The van der Waals surface area contributed by atoms with Crippen molar-refractivity contribution < 1.29 is 4.92 Å². The van der Waals surface area contributed by atoms with Crippen LogP contribution < -0.4 is 5.32 Å². The quantitative estimate of drug-likeness (QED) is 0.694. The summed E-state index contributed by atoms with van der Waals surface area (Å²) in [6, 6.07) is 5.19. The summed E-state index contributed by atoms with van der Waals surface area (Å²) in [7, 11) is 0. The number of pyridine rings is 2. The summed E-state index contributed by atoms with van der Waals surface area (Å²) in [6.45, 7) is 0.553. The molecule has 0 saturated heterocycles. The van der Waals surface area contributed by atoms with E-state index in [0.29, 0.717) is 16.8 Å². The van der Waals surface area contributed by atoms with Gasteiger partial charge in [-0.25, -0.2) is 4.98 Å². The molecule has 0 spiro atoms. The zero-order chi connectivity index (χ0) is 13.0. The van der Waals surface area contributed by atoms with Crippen LogP contribution in [0.2, 0.25) is 0 Å². The van der Waals surface area contributed by atoms with E-state index in [1.807, 2.05) is 12.1 Å². The van der Waals surface area contributed by atoms with E-state index in [4.69, 9.17) is 0 Å². The summed E-state index contributed by atoms with van der Waals surface area (Å²) < 4.78 is 0.556. The predicted molar refractivity (Wildman–Crippen MR) is 70.2 cm³/mol. The van der Waals surface area contributed by atoms with E-state index in [1.165, 1.54) is 12.3 Å². The first kappa shape index (κ1) is 12.4. The van der Waals surface area contributed by atoms with Crippen LogP contribution in [0.5, 0.6) is 0 Å². The van der Waals surface area contributed by atoms with Crippen LogP contribution >= 0.6 is 15.9 Å². The topological polar surface area (TPSA) is 81.0 Å². The molecular formula is C11H9BrN4O2. The van der Waals surface area contributed by atoms with Crippen molar-refractivity contribution in [2.45, 2.75) is 6.54 Å². The maximum atomic E-state index is 10.6. The minimum atomic E-state index is -0.483. The summed E-state index contributed by atoms with van der Waals surface area (Å²) in [5, 5.41) is 13.6. The average molecular weight is 309 g/mol. The van der Waals surface area contributed by atoms with E-state index in [2.05, 4.69) is 31.2 Å². The fourth-order valence-electron chi connectivity index (χ4n) is 1.35. The highest BCUT2D eigenvalue weighted by Crippen LogP contribution is 2.24. The second-order valence-electron chi connectivity index (χ2n) is 3.50. The second-order valence-corrected chi connectivity index (χ2v) is 4.35. The molecule has 0 aliphatic carbocycles. The molecular weight excluding hydrogens is 300 g/mol.